The van der Waals surface area contributed by atoms with E-state index in [0.717, 1.165) is 27.9 Å². The largest absolute Gasteiger partial charge is 0.486 e. The van der Waals surface area contributed by atoms with Crippen LogP contribution < -0.4 is 10.1 Å². The van der Waals surface area contributed by atoms with Crippen molar-refractivity contribution in [1.29, 1.82) is 0 Å². The number of nitrogens with one attached hydrogen (secondary N) is 1. The standard InChI is InChI=1S/C27H30Cl2N4O2/c1-7-30-25(18(6)28)20-11-16(4)33-26-19(20)9-8-10-24(26)35-14-21-22(29)12-17(5)32-23(21)13-31-27(34)15(2)3/h7-12,15H,13-14H2,1-6H3,(H,31,34)/b25-18+,30-7?. The van der Waals surface area contributed by atoms with Crippen molar-refractivity contribution in [2.75, 3.05) is 0 Å². The number of halogens is 2. The first-order valence-corrected chi connectivity index (χ1v) is 12.2. The summed E-state index contributed by atoms with van der Waals surface area (Å²) < 4.78 is 6.24. The molecule has 6 nitrogen and oxygen atoms in total. The van der Waals surface area contributed by atoms with E-state index in [-0.39, 0.29) is 25.0 Å². The molecular formula is C27H30Cl2N4O2. The van der Waals surface area contributed by atoms with Crippen molar-refractivity contribution in [3.05, 3.63) is 68.6 Å². The van der Waals surface area contributed by atoms with Crippen molar-refractivity contribution < 1.29 is 9.53 Å². The molecular weight excluding hydrogens is 483 g/mol. The fraction of sp³-hybridized carbons (Fsp3) is 0.333. The zero-order valence-electron chi connectivity index (χ0n) is 20.9. The molecule has 35 heavy (non-hydrogen) atoms. The molecule has 0 saturated heterocycles. The number of allylic oxidation sites excluding steroid dienone is 1. The van der Waals surface area contributed by atoms with Gasteiger partial charge in [-0.2, -0.15) is 0 Å². The summed E-state index contributed by atoms with van der Waals surface area (Å²) in [5, 5.41) is 4.92. The predicted octanol–water partition coefficient (Wildman–Crippen LogP) is 6.77. The van der Waals surface area contributed by atoms with Gasteiger partial charge in [0.05, 0.1) is 23.0 Å². The van der Waals surface area contributed by atoms with Crippen LogP contribution in [0.5, 0.6) is 5.75 Å². The van der Waals surface area contributed by atoms with Crippen LogP contribution in [0.25, 0.3) is 16.6 Å². The molecule has 3 aromatic rings. The van der Waals surface area contributed by atoms with E-state index in [0.29, 0.717) is 32.7 Å². The van der Waals surface area contributed by atoms with Crippen molar-refractivity contribution in [3.63, 3.8) is 0 Å². The van der Waals surface area contributed by atoms with Gasteiger partial charge < -0.3 is 10.1 Å². The van der Waals surface area contributed by atoms with Gasteiger partial charge in [-0.3, -0.25) is 14.8 Å². The molecule has 1 N–H and O–H groups in total. The summed E-state index contributed by atoms with van der Waals surface area (Å²) in [5.74, 6) is 0.431. The highest BCUT2D eigenvalue weighted by molar-refractivity contribution is 6.32. The van der Waals surface area contributed by atoms with Gasteiger partial charge >= 0.3 is 0 Å². The van der Waals surface area contributed by atoms with Crippen LogP contribution in [0.4, 0.5) is 0 Å². The number of hydrogen-bond donors (Lipinski definition) is 1. The van der Waals surface area contributed by atoms with Crippen molar-refractivity contribution in [2.45, 2.75) is 54.7 Å². The number of rotatable bonds is 8. The number of aromatic nitrogens is 2. The second-order valence-electron chi connectivity index (χ2n) is 8.56. The summed E-state index contributed by atoms with van der Waals surface area (Å²) in [6.07, 6.45) is 1.72. The van der Waals surface area contributed by atoms with Gasteiger partial charge in [-0.15, -0.1) is 0 Å². The number of aliphatic imine (C=N–C) groups is 1. The molecule has 0 fully saturated rings. The third-order valence-corrected chi connectivity index (χ3v) is 5.90. The predicted molar refractivity (Wildman–Crippen MR) is 144 cm³/mol. The van der Waals surface area contributed by atoms with Gasteiger partial charge in [0.2, 0.25) is 5.91 Å². The van der Waals surface area contributed by atoms with Crippen LogP contribution >= 0.6 is 23.2 Å². The molecule has 8 heteroatoms. The minimum Gasteiger partial charge on any atom is -0.486 e. The first-order valence-electron chi connectivity index (χ1n) is 11.4. The topological polar surface area (TPSA) is 76.5 Å². The highest BCUT2D eigenvalue weighted by Crippen LogP contribution is 2.34. The Morgan fingerprint density at radius 3 is 2.57 bits per heavy atom. The highest BCUT2D eigenvalue weighted by Gasteiger charge is 2.17. The fourth-order valence-corrected chi connectivity index (χ4v) is 4.15. The smallest absolute Gasteiger partial charge is 0.222 e. The van der Waals surface area contributed by atoms with E-state index in [1.807, 2.05) is 65.8 Å². The van der Waals surface area contributed by atoms with E-state index in [9.17, 15) is 4.79 Å². The number of amides is 1. The van der Waals surface area contributed by atoms with Crippen LogP contribution in [0.3, 0.4) is 0 Å². The van der Waals surface area contributed by atoms with E-state index in [1.165, 1.54) is 0 Å². The van der Waals surface area contributed by atoms with Crippen molar-refractivity contribution in [3.8, 4) is 5.75 Å². The Bertz CT molecular complexity index is 1310. The van der Waals surface area contributed by atoms with E-state index < -0.39 is 0 Å². The van der Waals surface area contributed by atoms with Gasteiger partial charge in [-0.25, -0.2) is 4.98 Å². The van der Waals surface area contributed by atoms with Gasteiger partial charge in [0.1, 0.15) is 17.9 Å². The summed E-state index contributed by atoms with van der Waals surface area (Å²) in [6, 6.07) is 9.52. The molecule has 0 aliphatic rings. The molecule has 1 aromatic carbocycles. The maximum Gasteiger partial charge on any atom is 0.222 e. The number of para-hydroxylation sites is 1. The Labute approximate surface area is 216 Å². The average Bonchev–Trinajstić information content (AvgIpc) is 2.79. The van der Waals surface area contributed by atoms with E-state index in [4.69, 9.17) is 32.9 Å². The molecule has 0 bridgehead atoms. The number of pyridine rings is 2. The molecule has 0 aliphatic heterocycles. The number of benzene rings is 1. The Balaban J connectivity index is 2.00. The normalized spacial score (nSPS) is 12.4. The van der Waals surface area contributed by atoms with Gasteiger partial charge in [0.15, 0.2) is 0 Å². The summed E-state index contributed by atoms with van der Waals surface area (Å²) in [6.45, 7) is 11.6. The number of nitrogens with zero attached hydrogens (tertiary/aromatic N) is 3. The molecule has 0 radical (unpaired) electrons. The quantitative estimate of drug-likeness (QED) is 0.337. The summed E-state index contributed by atoms with van der Waals surface area (Å²) in [5.41, 5.74) is 5.26. The number of hydrogen-bond acceptors (Lipinski definition) is 5. The van der Waals surface area contributed by atoms with Crippen LogP contribution in [-0.2, 0) is 17.9 Å². The fourth-order valence-electron chi connectivity index (χ4n) is 3.68. The van der Waals surface area contributed by atoms with Gasteiger partial charge in [-0.1, -0.05) is 49.2 Å². The Morgan fingerprint density at radius 1 is 1.20 bits per heavy atom. The van der Waals surface area contributed by atoms with E-state index in [2.05, 4.69) is 15.3 Å². The molecule has 184 valence electrons. The first kappa shape index (κ1) is 26.6. The zero-order valence-corrected chi connectivity index (χ0v) is 22.4. The van der Waals surface area contributed by atoms with Gasteiger partial charge in [0, 0.05) is 45.1 Å². The maximum atomic E-state index is 12.1. The summed E-state index contributed by atoms with van der Waals surface area (Å²) >= 11 is 12.9. The minimum atomic E-state index is -0.123. The summed E-state index contributed by atoms with van der Waals surface area (Å²) in [4.78, 5) is 25.9. The third-order valence-electron chi connectivity index (χ3n) is 5.38. The number of ether oxygens (including phenoxy) is 1. The molecule has 0 unspecified atom stereocenters. The van der Waals surface area contributed by atoms with Crippen LogP contribution in [0.15, 0.2) is 40.4 Å². The molecule has 2 heterocycles. The lowest BCUT2D eigenvalue weighted by Crippen LogP contribution is -2.28. The second-order valence-corrected chi connectivity index (χ2v) is 9.54. The average molecular weight is 513 g/mol. The van der Waals surface area contributed by atoms with Crippen LogP contribution in [0, 0.1) is 19.8 Å². The maximum absolute atomic E-state index is 12.1. The SMILES string of the molecule is CC=N/C(=C(\C)Cl)c1cc(C)nc2c(OCc3c(Cl)cc(C)nc3CNC(=O)C(C)C)cccc12. The summed E-state index contributed by atoms with van der Waals surface area (Å²) in [7, 11) is 0. The number of carbonyl (C=O) groups is 1. The van der Waals surface area contributed by atoms with Gasteiger partial charge in [0.25, 0.3) is 0 Å². The lowest BCUT2D eigenvalue weighted by molar-refractivity contribution is -0.124. The molecule has 1 amide bonds. The molecule has 0 atom stereocenters. The lowest BCUT2D eigenvalue weighted by Gasteiger charge is -2.16. The number of aryl methyl sites for hydroxylation is 2. The zero-order chi connectivity index (χ0) is 25.7. The van der Waals surface area contributed by atoms with Crippen molar-refractivity contribution >= 4 is 51.9 Å². The highest BCUT2D eigenvalue weighted by atomic mass is 35.5. The molecule has 0 spiro atoms. The number of fused-ring (bicyclic) bond motifs is 1. The monoisotopic (exact) mass is 512 g/mol. The van der Waals surface area contributed by atoms with Gasteiger partial charge in [-0.05, 0) is 45.9 Å². The third kappa shape index (κ3) is 6.38. The Hall–Kier alpha value is -2.96. The van der Waals surface area contributed by atoms with Crippen LogP contribution in [0.2, 0.25) is 5.02 Å². The van der Waals surface area contributed by atoms with Crippen molar-refractivity contribution in [2.24, 2.45) is 10.9 Å². The Morgan fingerprint density at radius 2 is 1.91 bits per heavy atom. The number of carbonyl (C=O) groups excluding carboxylic acids is 1. The van der Waals surface area contributed by atoms with E-state index >= 15 is 0 Å². The molecule has 0 saturated carbocycles. The minimum absolute atomic E-state index is 0.0502. The molecule has 0 aliphatic carbocycles. The lowest BCUT2D eigenvalue weighted by atomic mass is 10.0. The Kier molecular flexibility index (Phi) is 8.87. The van der Waals surface area contributed by atoms with Crippen LogP contribution in [-0.4, -0.2) is 22.1 Å². The van der Waals surface area contributed by atoms with Crippen molar-refractivity contribution in [1.82, 2.24) is 15.3 Å². The second kappa shape index (κ2) is 11.6. The first-order chi connectivity index (χ1) is 16.6. The molecule has 3 rings (SSSR count). The van der Waals surface area contributed by atoms with E-state index in [1.54, 1.807) is 12.3 Å². The van der Waals surface area contributed by atoms with Crippen LogP contribution in [0.1, 0.15) is 55.9 Å². The molecule has 2 aromatic heterocycles.